The second kappa shape index (κ2) is 4.83. The van der Waals surface area contributed by atoms with Crippen LogP contribution in [-0.2, 0) is 0 Å². The number of benzene rings is 1. The van der Waals surface area contributed by atoms with Gasteiger partial charge in [0, 0.05) is 17.8 Å². The standard InChI is InChI=1S/C14H12BrNO3/c15-13-6-5-12(19-13)14(18)16-8-7-11(17)9-3-1-2-4-10(9)16/h1-6,11,17H,7-8H2. The highest BCUT2D eigenvalue weighted by Crippen LogP contribution is 2.34. The van der Waals surface area contributed by atoms with Gasteiger partial charge in [0.2, 0.25) is 0 Å². The minimum absolute atomic E-state index is 0.190. The Kier molecular flexibility index (Phi) is 3.16. The van der Waals surface area contributed by atoms with Crippen molar-refractivity contribution in [3.05, 3.63) is 52.4 Å². The Balaban J connectivity index is 1.98. The van der Waals surface area contributed by atoms with E-state index in [-0.39, 0.29) is 11.7 Å². The van der Waals surface area contributed by atoms with Gasteiger partial charge in [0.05, 0.1) is 6.10 Å². The molecule has 1 atom stereocenters. The zero-order valence-electron chi connectivity index (χ0n) is 10.0. The van der Waals surface area contributed by atoms with Crippen LogP contribution >= 0.6 is 15.9 Å². The first-order chi connectivity index (χ1) is 9.16. The molecule has 0 saturated carbocycles. The first-order valence-electron chi connectivity index (χ1n) is 6.01. The van der Waals surface area contributed by atoms with Gasteiger partial charge in [-0.1, -0.05) is 18.2 Å². The van der Waals surface area contributed by atoms with Crippen molar-refractivity contribution in [2.24, 2.45) is 0 Å². The number of rotatable bonds is 1. The van der Waals surface area contributed by atoms with E-state index in [9.17, 15) is 9.90 Å². The van der Waals surface area contributed by atoms with Crippen molar-refractivity contribution in [1.82, 2.24) is 0 Å². The Hall–Kier alpha value is -1.59. The van der Waals surface area contributed by atoms with Crippen molar-refractivity contribution >= 4 is 27.5 Å². The maximum Gasteiger partial charge on any atom is 0.294 e. The molecular formula is C14H12BrNO3. The third-order valence-electron chi connectivity index (χ3n) is 3.24. The van der Waals surface area contributed by atoms with Crippen LogP contribution in [0, 0.1) is 0 Å². The molecule has 98 valence electrons. The molecule has 1 N–H and O–H groups in total. The number of hydrogen-bond donors (Lipinski definition) is 1. The van der Waals surface area contributed by atoms with Crippen LogP contribution in [0.4, 0.5) is 5.69 Å². The van der Waals surface area contributed by atoms with Gasteiger partial charge in [0.1, 0.15) is 0 Å². The number of aliphatic hydroxyl groups is 1. The van der Waals surface area contributed by atoms with E-state index in [1.165, 1.54) is 0 Å². The largest absolute Gasteiger partial charge is 0.444 e. The Morgan fingerprint density at radius 2 is 2.11 bits per heavy atom. The van der Waals surface area contributed by atoms with Crippen LogP contribution in [0.15, 0.2) is 45.5 Å². The number of halogens is 1. The molecule has 2 heterocycles. The molecular weight excluding hydrogens is 310 g/mol. The van der Waals surface area contributed by atoms with Gasteiger partial charge in [0.15, 0.2) is 10.4 Å². The molecule has 1 unspecified atom stereocenters. The highest BCUT2D eigenvalue weighted by molar-refractivity contribution is 9.10. The van der Waals surface area contributed by atoms with Crippen molar-refractivity contribution in [2.75, 3.05) is 11.4 Å². The fraction of sp³-hybridized carbons (Fsp3) is 0.214. The Morgan fingerprint density at radius 1 is 1.32 bits per heavy atom. The molecule has 5 heteroatoms. The second-order valence-electron chi connectivity index (χ2n) is 4.42. The second-order valence-corrected chi connectivity index (χ2v) is 5.21. The number of para-hydroxylation sites is 1. The van der Waals surface area contributed by atoms with E-state index >= 15 is 0 Å². The van der Waals surface area contributed by atoms with Gasteiger partial charge in [-0.15, -0.1) is 0 Å². The van der Waals surface area contributed by atoms with Crippen LogP contribution < -0.4 is 4.90 Å². The highest BCUT2D eigenvalue weighted by atomic mass is 79.9. The number of nitrogens with zero attached hydrogens (tertiary/aromatic N) is 1. The van der Waals surface area contributed by atoms with Gasteiger partial charge in [-0.2, -0.15) is 0 Å². The molecule has 1 aromatic carbocycles. The van der Waals surface area contributed by atoms with Crippen molar-refractivity contribution in [2.45, 2.75) is 12.5 Å². The predicted octanol–water partition coefficient (Wildman–Crippen LogP) is 3.13. The third kappa shape index (κ3) is 2.19. The lowest BCUT2D eigenvalue weighted by Crippen LogP contribution is -2.36. The van der Waals surface area contributed by atoms with E-state index in [2.05, 4.69) is 15.9 Å². The van der Waals surface area contributed by atoms with Gasteiger partial charge in [0.25, 0.3) is 5.91 Å². The van der Waals surface area contributed by atoms with E-state index in [1.807, 2.05) is 24.3 Å². The van der Waals surface area contributed by atoms with Gasteiger partial charge in [-0.3, -0.25) is 4.79 Å². The summed E-state index contributed by atoms with van der Waals surface area (Å²) in [6, 6.07) is 10.7. The fourth-order valence-electron chi connectivity index (χ4n) is 2.32. The molecule has 0 spiro atoms. The molecule has 2 aromatic rings. The Labute approximate surface area is 118 Å². The molecule has 0 saturated heterocycles. The number of anilines is 1. The number of amides is 1. The minimum atomic E-state index is -0.511. The molecule has 0 fully saturated rings. The molecule has 1 aromatic heterocycles. The van der Waals surface area contributed by atoms with Crippen LogP contribution in [0.5, 0.6) is 0 Å². The number of hydrogen-bond acceptors (Lipinski definition) is 3. The summed E-state index contributed by atoms with van der Waals surface area (Å²) in [5, 5.41) is 9.97. The Bertz CT molecular complexity index is 623. The van der Waals surface area contributed by atoms with Crippen molar-refractivity contribution in [3.63, 3.8) is 0 Å². The molecule has 0 bridgehead atoms. The number of carbonyl (C=O) groups excluding carboxylic acids is 1. The summed E-state index contributed by atoms with van der Waals surface area (Å²) >= 11 is 3.19. The first-order valence-corrected chi connectivity index (χ1v) is 6.80. The summed E-state index contributed by atoms with van der Waals surface area (Å²) in [6.45, 7) is 0.481. The van der Waals surface area contributed by atoms with Crippen LogP contribution in [0.25, 0.3) is 0 Å². The quantitative estimate of drug-likeness (QED) is 0.878. The fourth-order valence-corrected chi connectivity index (χ4v) is 2.62. The van der Waals surface area contributed by atoms with Crippen LogP contribution in [0.1, 0.15) is 28.6 Å². The summed E-state index contributed by atoms with van der Waals surface area (Å²) in [6.07, 6.45) is 0.0218. The van der Waals surface area contributed by atoms with Gasteiger partial charge >= 0.3 is 0 Å². The molecule has 1 aliphatic rings. The van der Waals surface area contributed by atoms with Crippen molar-refractivity contribution < 1.29 is 14.3 Å². The molecule has 0 radical (unpaired) electrons. The lowest BCUT2D eigenvalue weighted by molar-refractivity contribution is 0.0943. The third-order valence-corrected chi connectivity index (χ3v) is 3.67. The summed E-state index contributed by atoms with van der Waals surface area (Å²) < 4.78 is 5.83. The molecule has 4 nitrogen and oxygen atoms in total. The number of furan rings is 1. The predicted molar refractivity (Wildman–Crippen MR) is 74.1 cm³/mol. The normalized spacial score (nSPS) is 18.2. The van der Waals surface area contributed by atoms with Crippen molar-refractivity contribution in [1.29, 1.82) is 0 Å². The van der Waals surface area contributed by atoms with E-state index in [0.29, 0.717) is 17.6 Å². The molecule has 3 rings (SSSR count). The average molecular weight is 322 g/mol. The van der Waals surface area contributed by atoms with Gasteiger partial charge in [-0.05, 0) is 40.5 Å². The average Bonchev–Trinajstić information content (AvgIpc) is 2.86. The summed E-state index contributed by atoms with van der Waals surface area (Å²) in [7, 11) is 0. The van der Waals surface area contributed by atoms with E-state index in [1.54, 1.807) is 17.0 Å². The van der Waals surface area contributed by atoms with Crippen LogP contribution in [0.3, 0.4) is 0 Å². The van der Waals surface area contributed by atoms with Crippen molar-refractivity contribution in [3.8, 4) is 0 Å². The topological polar surface area (TPSA) is 53.7 Å². The summed E-state index contributed by atoms with van der Waals surface area (Å²) in [5.41, 5.74) is 1.53. The molecule has 0 aliphatic carbocycles. The molecule has 1 amide bonds. The van der Waals surface area contributed by atoms with Crippen LogP contribution in [-0.4, -0.2) is 17.6 Å². The first kappa shape index (κ1) is 12.4. The smallest absolute Gasteiger partial charge is 0.294 e. The van der Waals surface area contributed by atoms with E-state index < -0.39 is 6.10 Å². The SMILES string of the molecule is O=C(c1ccc(Br)o1)N1CCC(O)c2ccccc21. The minimum Gasteiger partial charge on any atom is -0.444 e. The Morgan fingerprint density at radius 3 is 2.84 bits per heavy atom. The maximum atomic E-state index is 12.4. The van der Waals surface area contributed by atoms with E-state index in [4.69, 9.17) is 4.42 Å². The maximum absolute atomic E-state index is 12.4. The van der Waals surface area contributed by atoms with E-state index in [0.717, 1.165) is 11.3 Å². The summed E-state index contributed by atoms with van der Waals surface area (Å²) in [5.74, 6) is 0.100. The lowest BCUT2D eigenvalue weighted by Gasteiger charge is -2.31. The number of carbonyl (C=O) groups is 1. The van der Waals surface area contributed by atoms with Gasteiger partial charge in [-0.25, -0.2) is 0 Å². The summed E-state index contributed by atoms with van der Waals surface area (Å²) in [4.78, 5) is 14.1. The highest BCUT2D eigenvalue weighted by Gasteiger charge is 2.29. The number of aliphatic hydroxyl groups excluding tert-OH is 1. The molecule has 19 heavy (non-hydrogen) atoms. The zero-order chi connectivity index (χ0) is 13.4. The number of fused-ring (bicyclic) bond motifs is 1. The monoisotopic (exact) mass is 321 g/mol. The van der Waals surface area contributed by atoms with Gasteiger partial charge < -0.3 is 14.4 Å². The molecule has 1 aliphatic heterocycles. The lowest BCUT2D eigenvalue weighted by atomic mass is 9.98. The zero-order valence-corrected chi connectivity index (χ0v) is 11.6. The van der Waals surface area contributed by atoms with Crippen LogP contribution in [0.2, 0.25) is 0 Å².